The molecule has 0 spiro atoms. The first-order valence-electron chi connectivity index (χ1n) is 5.68. The maximum absolute atomic E-state index is 9.13. The summed E-state index contributed by atoms with van der Waals surface area (Å²) in [6.45, 7) is 0.0153. The number of methoxy groups -OCH3 is 1. The highest BCUT2D eigenvalue weighted by atomic mass is 16.5. The molecule has 0 unspecified atom stereocenters. The van der Waals surface area contributed by atoms with E-state index in [0.717, 1.165) is 22.8 Å². The molecular formula is C14H16N2O2. The fourth-order valence-corrected chi connectivity index (χ4v) is 1.69. The smallest absolute Gasteiger partial charge is 0.133 e. The molecule has 0 aliphatic rings. The molecule has 4 nitrogen and oxygen atoms in total. The summed E-state index contributed by atoms with van der Waals surface area (Å²) in [5.41, 5.74) is 1.83. The second-order valence-corrected chi connectivity index (χ2v) is 3.94. The average molecular weight is 244 g/mol. The molecule has 0 saturated carbocycles. The molecule has 1 heterocycles. The van der Waals surface area contributed by atoms with E-state index < -0.39 is 0 Å². The fourth-order valence-electron chi connectivity index (χ4n) is 1.69. The van der Waals surface area contributed by atoms with Crippen molar-refractivity contribution in [3.63, 3.8) is 0 Å². The van der Waals surface area contributed by atoms with Gasteiger partial charge in [-0.25, -0.2) is 4.98 Å². The molecule has 94 valence electrons. The highest BCUT2D eigenvalue weighted by Gasteiger charge is 2.06. The van der Waals surface area contributed by atoms with Crippen LogP contribution in [-0.4, -0.2) is 24.2 Å². The van der Waals surface area contributed by atoms with Crippen molar-refractivity contribution in [3.05, 3.63) is 48.2 Å². The summed E-state index contributed by atoms with van der Waals surface area (Å²) in [5.74, 6) is 1.59. The zero-order valence-electron chi connectivity index (χ0n) is 10.5. The first kappa shape index (κ1) is 12.4. The van der Waals surface area contributed by atoms with Crippen molar-refractivity contribution < 1.29 is 9.84 Å². The number of aliphatic hydroxyl groups is 1. The van der Waals surface area contributed by atoms with E-state index in [4.69, 9.17) is 9.84 Å². The Bertz CT molecular complexity index is 481. The molecule has 2 aromatic rings. The Labute approximate surface area is 106 Å². The number of hydrogen-bond donors (Lipinski definition) is 1. The van der Waals surface area contributed by atoms with Gasteiger partial charge >= 0.3 is 0 Å². The number of benzene rings is 1. The van der Waals surface area contributed by atoms with Crippen molar-refractivity contribution in [3.8, 4) is 5.75 Å². The summed E-state index contributed by atoms with van der Waals surface area (Å²) < 4.78 is 5.20. The Morgan fingerprint density at radius 2 is 2.11 bits per heavy atom. The minimum Gasteiger partial charge on any atom is -0.497 e. The van der Waals surface area contributed by atoms with Crippen LogP contribution in [0.4, 0.5) is 11.5 Å². The Hall–Kier alpha value is -2.07. The molecule has 0 aliphatic heterocycles. The van der Waals surface area contributed by atoms with E-state index in [1.54, 1.807) is 19.4 Å². The molecule has 0 amide bonds. The minimum atomic E-state index is 0.0153. The zero-order valence-corrected chi connectivity index (χ0v) is 10.5. The Morgan fingerprint density at radius 1 is 1.28 bits per heavy atom. The van der Waals surface area contributed by atoms with Gasteiger partial charge in [-0.3, -0.25) is 0 Å². The number of aliphatic hydroxyl groups excluding tert-OH is 1. The predicted molar refractivity (Wildman–Crippen MR) is 71.2 cm³/mol. The second kappa shape index (κ2) is 5.51. The van der Waals surface area contributed by atoms with Crippen molar-refractivity contribution in [2.75, 3.05) is 19.1 Å². The van der Waals surface area contributed by atoms with Crippen LogP contribution in [0.15, 0.2) is 42.6 Å². The van der Waals surface area contributed by atoms with Gasteiger partial charge in [-0.1, -0.05) is 6.07 Å². The Balaban J connectivity index is 2.31. The monoisotopic (exact) mass is 244 g/mol. The molecular weight excluding hydrogens is 228 g/mol. The number of nitrogens with zero attached hydrogens (tertiary/aromatic N) is 2. The third-order valence-electron chi connectivity index (χ3n) is 2.78. The summed E-state index contributed by atoms with van der Waals surface area (Å²) in [7, 11) is 3.57. The van der Waals surface area contributed by atoms with Crippen LogP contribution >= 0.6 is 0 Å². The van der Waals surface area contributed by atoms with Gasteiger partial charge in [-0.2, -0.15) is 0 Å². The van der Waals surface area contributed by atoms with Crippen molar-refractivity contribution in [1.29, 1.82) is 0 Å². The lowest BCUT2D eigenvalue weighted by Gasteiger charge is -2.19. The van der Waals surface area contributed by atoms with E-state index in [1.165, 1.54) is 0 Å². The largest absolute Gasteiger partial charge is 0.497 e. The summed E-state index contributed by atoms with van der Waals surface area (Å²) in [6, 6.07) is 11.4. The highest BCUT2D eigenvalue weighted by molar-refractivity contribution is 5.61. The molecule has 0 saturated heterocycles. The van der Waals surface area contributed by atoms with E-state index >= 15 is 0 Å². The van der Waals surface area contributed by atoms with Crippen molar-refractivity contribution in [2.45, 2.75) is 6.61 Å². The van der Waals surface area contributed by atoms with Crippen LogP contribution in [0.3, 0.4) is 0 Å². The van der Waals surface area contributed by atoms with Gasteiger partial charge in [0, 0.05) is 25.0 Å². The molecule has 1 N–H and O–H groups in total. The Morgan fingerprint density at radius 3 is 2.83 bits per heavy atom. The summed E-state index contributed by atoms with van der Waals surface area (Å²) in [6.07, 6.45) is 1.69. The zero-order chi connectivity index (χ0) is 13.0. The normalized spacial score (nSPS) is 10.2. The third kappa shape index (κ3) is 2.60. The lowest BCUT2D eigenvalue weighted by molar-refractivity contribution is 0.282. The van der Waals surface area contributed by atoms with Crippen LogP contribution < -0.4 is 9.64 Å². The molecule has 1 aromatic heterocycles. The number of aromatic nitrogens is 1. The third-order valence-corrected chi connectivity index (χ3v) is 2.78. The standard InChI is InChI=1S/C14H16N2O2/c1-16(12-4-3-5-13(9-12)18-2)14-8-11(10-17)6-7-15-14/h3-9,17H,10H2,1-2H3. The predicted octanol–water partition coefficient (Wildman–Crippen LogP) is 2.35. The number of anilines is 2. The second-order valence-electron chi connectivity index (χ2n) is 3.94. The van der Waals surface area contributed by atoms with Gasteiger partial charge in [0.1, 0.15) is 11.6 Å². The minimum absolute atomic E-state index is 0.0153. The lowest BCUT2D eigenvalue weighted by Crippen LogP contribution is -2.11. The highest BCUT2D eigenvalue weighted by Crippen LogP contribution is 2.25. The first-order valence-corrected chi connectivity index (χ1v) is 5.68. The fraction of sp³-hybridized carbons (Fsp3) is 0.214. The molecule has 0 aliphatic carbocycles. The number of pyridine rings is 1. The quantitative estimate of drug-likeness (QED) is 0.896. The SMILES string of the molecule is COc1cccc(N(C)c2cc(CO)ccn2)c1. The number of hydrogen-bond acceptors (Lipinski definition) is 4. The van der Waals surface area contributed by atoms with Gasteiger partial charge < -0.3 is 14.7 Å². The van der Waals surface area contributed by atoms with Gasteiger partial charge in [0.05, 0.1) is 13.7 Å². The maximum Gasteiger partial charge on any atom is 0.133 e. The molecule has 2 rings (SSSR count). The average Bonchev–Trinajstić information content (AvgIpc) is 2.46. The summed E-state index contributed by atoms with van der Waals surface area (Å²) in [5, 5.41) is 9.13. The van der Waals surface area contributed by atoms with Crippen LogP contribution in [0.1, 0.15) is 5.56 Å². The van der Waals surface area contributed by atoms with Crippen LogP contribution in [0.5, 0.6) is 5.75 Å². The van der Waals surface area contributed by atoms with Crippen LogP contribution in [0.2, 0.25) is 0 Å². The molecule has 0 fully saturated rings. The van der Waals surface area contributed by atoms with Crippen LogP contribution in [0.25, 0.3) is 0 Å². The number of ether oxygens (including phenoxy) is 1. The van der Waals surface area contributed by atoms with Gasteiger partial charge in [0.2, 0.25) is 0 Å². The molecule has 4 heteroatoms. The van der Waals surface area contributed by atoms with Gasteiger partial charge in [0.15, 0.2) is 0 Å². The topological polar surface area (TPSA) is 45.6 Å². The van der Waals surface area contributed by atoms with Crippen molar-refractivity contribution in [1.82, 2.24) is 4.98 Å². The first-order chi connectivity index (χ1) is 8.74. The molecule has 0 bridgehead atoms. The van der Waals surface area contributed by atoms with Gasteiger partial charge in [-0.15, -0.1) is 0 Å². The van der Waals surface area contributed by atoms with Crippen molar-refractivity contribution >= 4 is 11.5 Å². The maximum atomic E-state index is 9.13. The molecule has 1 aromatic carbocycles. The van der Waals surface area contributed by atoms with Gasteiger partial charge in [-0.05, 0) is 29.8 Å². The van der Waals surface area contributed by atoms with E-state index in [1.807, 2.05) is 42.3 Å². The summed E-state index contributed by atoms with van der Waals surface area (Å²) >= 11 is 0. The summed E-state index contributed by atoms with van der Waals surface area (Å²) in [4.78, 5) is 6.24. The van der Waals surface area contributed by atoms with Crippen LogP contribution in [-0.2, 0) is 6.61 Å². The number of rotatable bonds is 4. The van der Waals surface area contributed by atoms with E-state index in [9.17, 15) is 0 Å². The van der Waals surface area contributed by atoms with Gasteiger partial charge in [0.25, 0.3) is 0 Å². The molecule has 0 atom stereocenters. The van der Waals surface area contributed by atoms with Crippen LogP contribution in [0, 0.1) is 0 Å². The molecule has 0 radical (unpaired) electrons. The Kier molecular flexibility index (Phi) is 3.79. The van der Waals surface area contributed by atoms with E-state index in [0.29, 0.717) is 0 Å². The van der Waals surface area contributed by atoms with Crippen molar-refractivity contribution in [2.24, 2.45) is 0 Å². The molecule has 18 heavy (non-hydrogen) atoms. The van der Waals surface area contributed by atoms with E-state index in [2.05, 4.69) is 4.98 Å². The van der Waals surface area contributed by atoms with E-state index in [-0.39, 0.29) is 6.61 Å². The lowest BCUT2D eigenvalue weighted by atomic mass is 10.2.